The number of amides is 1. The summed E-state index contributed by atoms with van der Waals surface area (Å²) in [4.78, 5) is 17.1. The van der Waals surface area contributed by atoms with E-state index in [0.29, 0.717) is 17.1 Å². The lowest BCUT2D eigenvalue weighted by Gasteiger charge is -2.35. The third-order valence-electron chi connectivity index (χ3n) is 5.13. The van der Waals surface area contributed by atoms with Crippen molar-refractivity contribution in [1.29, 1.82) is 0 Å². The Morgan fingerprint density at radius 2 is 1.52 bits per heavy atom. The first-order valence-corrected chi connectivity index (χ1v) is 9.46. The van der Waals surface area contributed by atoms with Crippen molar-refractivity contribution in [3.63, 3.8) is 0 Å². The predicted molar refractivity (Wildman–Crippen MR) is 107 cm³/mol. The zero-order chi connectivity index (χ0) is 19.2. The molecule has 0 saturated carbocycles. The first-order valence-electron chi connectivity index (χ1n) is 9.46. The number of benzene rings is 2. The first-order chi connectivity index (χ1) is 13.1. The summed E-state index contributed by atoms with van der Waals surface area (Å²) in [7, 11) is 3.17. The smallest absolute Gasteiger partial charge is 0.254 e. The SMILES string of the molecule is CCc1ccc(CN2CCN(C(=O)c3ccc(OC)c(OC)c3)CC2)cc1. The van der Waals surface area contributed by atoms with Crippen LogP contribution in [-0.4, -0.2) is 56.1 Å². The quantitative estimate of drug-likeness (QED) is 0.785. The van der Waals surface area contributed by atoms with E-state index < -0.39 is 0 Å². The molecule has 2 aromatic carbocycles. The highest BCUT2D eigenvalue weighted by atomic mass is 16.5. The van der Waals surface area contributed by atoms with Crippen molar-refractivity contribution in [2.75, 3.05) is 40.4 Å². The number of nitrogens with zero attached hydrogens (tertiary/aromatic N) is 2. The molecule has 27 heavy (non-hydrogen) atoms. The number of carbonyl (C=O) groups excluding carboxylic acids is 1. The fourth-order valence-corrected chi connectivity index (χ4v) is 3.40. The molecule has 1 fully saturated rings. The minimum atomic E-state index is 0.0444. The third-order valence-corrected chi connectivity index (χ3v) is 5.13. The monoisotopic (exact) mass is 368 g/mol. The molecular weight excluding hydrogens is 340 g/mol. The Labute approximate surface area is 161 Å². The van der Waals surface area contributed by atoms with E-state index in [1.54, 1.807) is 32.4 Å². The molecule has 0 spiro atoms. The van der Waals surface area contributed by atoms with Gasteiger partial charge in [0.1, 0.15) is 0 Å². The van der Waals surface area contributed by atoms with Crippen molar-refractivity contribution < 1.29 is 14.3 Å². The zero-order valence-corrected chi connectivity index (χ0v) is 16.4. The van der Waals surface area contributed by atoms with Crippen LogP contribution in [0.25, 0.3) is 0 Å². The maximum absolute atomic E-state index is 12.8. The number of piperazine rings is 1. The number of methoxy groups -OCH3 is 2. The molecule has 1 aliphatic heterocycles. The summed E-state index contributed by atoms with van der Waals surface area (Å²) in [5.41, 5.74) is 3.33. The number of aryl methyl sites for hydroxylation is 1. The fraction of sp³-hybridized carbons (Fsp3) is 0.409. The summed E-state index contributed by atoms with van der Waals surface area (Å²) in [5, 5.41) is 0. The Bertz CT molecular complexity index is 766. The van der Waals surface area contributed by atoms with E-state index in [2.05, 4.69) is 36.1 Å². The van der Waals surface area contributed by atoms with Crippen molar-refractivity contribution in [1.82, 2.24) is 9.80 Å². The van der Waals surface area contributed by atoms with E-state index in [1.807, 2.05) is 4.90 Å². The molecule has 0 aliphatic carbocycles. The van der Waals surface area contributed by atoms with E-state index in [0.717, 1.165) is 39.1 Å². The van der Waals surface area contributed by atoms with Gasteiger partial charge in [0, 0.05) is 38.3 Å². The Kier molecular flexibility index (Phi) is 6.35. The van der Waals surface area contributed by atoms with Crippen molar-refractivity contribution in [2.45, 2.75) is 19.9 Å². The summed E-state index contributed by atoms with van der Waals surface area (Å²) >= 11 is 0. The van der Waals surface area contributed by atoms with Crippen molar-refractivity contribution >= 4 is 5.91 Å². The van der Waals surface area contributed by atoms with Crippen LogP contribution < -0.4 is 9.47 Å². The van der Waals surface area contributed by atoms with Gasteiger partial charge < -0.3 is 14.4 Å². The van der Waals surface area contributed by atoms with E-state index in [1.165, 1.54) is 11.1 Å². The Morgan fingerprint density at radius 3 is 2.11 bits per heavy atom. The molecule has 1 aliphatic rings. The van der Waals surface area contributed by atoms with Gasteiger partial charge in [0.15, 0.2) is 11.5 Å². The van der Waals surface area contributed by atoms with Crippen LogP contribution in [0, 0.1) is 0 Å². The summed E-state index contributed by atoms with van der Waals surface area (Å²) in [5.74, 6) is 1.26. The molecule has 0 unspecified atom stereocenters. The number of ether oxygens (including phenoxy) is 2. The lowest BCUT2D eigenvalue weighted by Crippen LogP contribution is -2.48. The minimum absolute atomic E-state index is 0.0444. The van der Waals surface area contributed by atoms with Gasteiger partial charge in [-0.2, -0.15) is 0 Å². The van der Waals surface area contributed by atoms with Crippen molar-refractivity contribution in [2.24, 2.45) is 0 Å². The Hall–Kier alpha value is -2.53. The van der Waals surface area contributed by atoms with E-state index in [-0.39, 0.29) is 5.91 Å². The fourth-order valence-electron chi connectivity index (χ4n) is 3.40. The second kappa shape index (κ2) is 8.91. The van der Waals surface area contributed by atoms with Crippen molar-refractivity contribution in [3.05, 3.63) is 59.2 Å². The molecule has 1 heterocycles. The van der Waals surface area contributed by atoms with Crippen LogP contribution in [-0.2, 0) is 13.0 Å². The second-order valence-corrected chi connectivity index (χ2v) is 6.81. The number of rotatable bonds is 6. The van der Waals surface area contributed by atoms with Crippen LogP contribution in [0.2, 0.25) is 0 Å². The van der Waals surface area contributed by atoms with E-state index in [4.69, 9.17) is 9.47 Å². The molecule has 1 saturated heterocycles. The molecule has 3 rings (SSSR count). The minimum Gasteiger partial charge on any atom is -0.493 e. The number of hydrogen-bond acceptors (Lipinski definition) is 4. The largest absolute Gasteiger partial charge is 0.493 e. The van der Waals surface area contributed by atoms with E-state index >= 15 is 0 Å². The molecule has 2 aromatic rings. The molecule has 144 valence electrons. The van der Waals surface area contributed by atoms with Gasteiger partial charge >= 0.3 is 0 Å². The Morgan fingerprint density at radius 1 is 0.889 bits per heavy atom. The van der Waals surface area contributed by atoms with Gasteiger partial charge in [0.25, 0.3) is 5.91 Å². The molecule has 0 aromatic heterocycles. The van der Waals surface area contributed by atoms with Gasteiger partial charge in [-0.1, -0.05) is 31.2 Å². The molecular formula is C22H28N2O3. The molecule has 0 bridgehead atoms. The summed E-state index contributed by atoms with van der Waals surface area (Å²) < 4.78 is 10.6. The lowest BCUT2D eigenvalue weighted by molar-refractivity contribution is 0.0628. The van der Waals surface area contributed by atoms with Gasteiger partial charge in [-0.3, -0.25) is 9.69 Å². The highest BCUT2D eigenvalue weighted by molar-refractivity contribution is 5.95. The van der Waals surface area contributed by atoms with Crippen LogP contribution in [0.15, 0.2) is 42.5 Å². The molecule has 5 nitrogen and oxygen atoms in total. The Balaban J connectivity index is 1.57. The lowest BCUT2D eigenvalue weighted by atomic mass is 10.1. The van der Waals surface area contributed by atoms with Gasteiger partial charge in [-0.05, 0) is 35.7 Å². The zero-order valence-electron chi connectivity index (χ0n) is 16.4. The van der Waals surface area contributed by atoms with Crippen LogP contribution in [0.4, 0.5) is 0 Å². The molecule has 0 atom stereocenters. The normalized spacial score (nSPS) is 14.9. The predicted octanol–water partition coefficient (Wildman–Crippen LogP) is 3.22. The van der Waals surface area contributed by atoms with Gasteiger partial charge in [-0.25, -0.2) is 0 Å². The van der Waals surface area contributed by atoms with Crippen LogP contribution in [0.3, 0.4) is 0 Å². The summed E-state index contributed by atoms with van der Waals surface area (Å²) in [6, 6.07) is 14.1. The maximum Gasteiger partial charge on any atom is 0.254 e. The summed E-state index contributed by atoms with van der Waals surface area (Å²) in [6.07, 6.45) is 1.07. The first kappa shape index (κ1) is 19.2. The molecule has 5 heteroatoms. The number of carbonyl (C=O) groups is 1. The third kappa shape index (κ3) is 4.61. The van der Waals surface area contributed by atoms with Gasteiger partial charge in [0.2, 0.25) is 0 Å². The highest BCUT2D eigenvalue weighted by Gasteiger charge is 2.23. The molecule has 0 N–H and O–H groups in total. The van der Waals surface area contributed by atoms with Gasteiger partial charge in [0.05, 0.1) is 14.2 Å². The molecule has 0 radical (unpaired) electrons. The molecule has 1 amide bonds. The standard InChI is InChI=1S/C22H28N2O3/c1-4-17-5-7-18(8-6-17)16-23-11-13-24(14-12-23)22(25)19-9-10-20(26-2)21(15-19)27-3/h5-10,15H,4,11-14,16H2,1-3H3. The average Bonchev–Trinajstić information content (AvgIpc) is 2.73. The van der Waals surface area contributed by atoms with Gasteiger partial charge in [-0.15, -0.1) is 0 Å². The topological polar surface area (TPSA) is 42.0 Å². The maximum atomic E-state index is 12.8. The average molecular weight is 368 g/mol. The van der Waals surface area contributed by atoms with Crippen LogP contribution in [0.5, 0.6) is 11.5 Å². The van der Waals surface area contributed by atoms with Crippen molar-refractivity contribution in [3.8, 4) is 11.5 Å². The number of hydrogen-bond donors (Lipinski definition) is 0. The van der Waals surface area contributed by atoms with Crippen LogP contribution >= 0.6 is 0 Å². The van der Waals surface area contributed by atoms with E-state index in [9.17, 15) is 4.79 Å². The van der Waals surface area contributed by atoms with Crippen LogP contribution in [0.1, 0.15) is 28.4 Å². The second-order valence-electron chi connectivity index (χ2n) is 6.81. The summed E-state index contributed by atoms with van der Waals surface area (Å²) in [6.45, 7) is 6.34. The highest BCUT2D eigenvalue weighted by Crippen LogP contribution is 2.28.